The Morgan fingerprint density at radius 3 is 2.62 bits per heavy atom. The van der Waals surface area contributed by atoms with Gasteiger partial charge in [0, 0.05) is 6.92 Å². The van der Waals surface area contributed by atoms with Gasteiger partial charge in [0.05, 0.1) is 12.6 Å². The summed E-state index contributed by atoms with van der Waals surface area (Å²) in [7, 11) is 0. The van der Waals surface area contributed by atoms with Gasteiger partial charge in [0.1, 0.15) is 6.29 Å². The van der Waals surface area contributed by atoms with Crippen LogP contribution in [0.3, 0.4) is 0 Å². The Morgan fingerprint density at radius 1 is 1.44 bits per heavy atom. The molecule has 1 N–H and O–H groups in total. The SMILES string of the molecule is CC=CC(=O)NC(C=O)CCCOC(C)=O. The Morgan fingerprint density at radius 2 is 2.12 bits per heavy atom. The lowest BCUT2D eigenvalue weighted by molar-refractivity contribution is -0.141. The zero-order valence-electron chi connectivity index (χ0n) is 9.56. The normalized spacial score (nSPS) is 12.1. The summed E-state index contributed by atoms with van der Waals surface area (Å²) in [6.45, 7) is 3.31. The maximum Gasteiger partial charge on any atom is 0.302 e. The highest BCUT2D eigenvalue weighted by molar-refractivity contribution is 5.89. The van der Waals surface area contributed by atoms with Crippen LogP contribution in [0.15, 0.2) is 12.2 Å². The summed E-state index contributed by atoms with van der Waals surface area (Å²) in [6.07, 6.45) is 4.62. The number of nitrogens with one attached hydrogen (secondary N) is 1. The van der Waals surface area contributed by atoms with Gasteiger partial charge in [-0.15, -0.1) is 0 Å². The van der Waals surface area contributed by atoms with Crippen molar-refractivity contribution in [3.63, 3.8) is 0 Å². The van der Waals surface area contributed by atoms with E-state index in [1.165, 1.54) is 13.0 Å². The van der Waals surface area contributed by atoms with Crippen molar-refractivity contribution < 1.29 is 19.1 Å². The van der Waals surface area contributed by atoms with Gasteiger partial charge in [0.25, 0.3) is 0 Å². The highest BCUT2D eigenvalue weighted by Crippen LogP contribution is 1.96. The predicted octanol–water partition coefficient (Wildman–Crippen LogP) is 0.589. The van der Waals surface area contributed by atoms with Gasteiger partial charge in [-0.3, -0.25) is 9.59 Å². The van der Waals surface area contributed by atoms with E-state index >= 15 is 0 Å². The molecule has 0 aromatic heterocycles. The second-order valence-electron chi connectivity index (χ2n) is 3.23. The first-order chi connectivity index (χ1) is 7.60. The van der Waals surface area contributed by atoms with E-state index in [1.807, 2.05) is 0 Å². The van der Waals surface area contributed by atoms with Gasteiger partial charge in [-0.25, -0.2) is 0 Å². The van der Waals surface area contributed by atoms with Gasteiger partial charge < -0.3 is 14.8 Å². The monoisotopic (exact) mass is 227 g/mol. The third-order valence-electron chi connectivity index (χ3n) is 1.77. The summed E-state index contributed by atoms with van der Waals surface area (Å²) in [5.41, 5.74) is 0. The van der Waals surface area contributed by atoms with Gasteiger partial charge in [-0.2, -0.15) is 0 Å². The zero-order chi connectivity index (χ0) is 12.4. The first-order valence-corrected chi connectivity index (χ1v) is 5.12. The molecule has 1 atom stereocenters. The second kappa shape index (κ2) is 8.64. The summed E-state index contributed by atoms with van der Waals surface area (Å²) in [4.78, 5) is 32.2. The molecule has 0 spiro atoms. The van der Waals surface area contributed by atoms with E-state index in [9.17, 15) is 14.4 Å². The van der Waals surface area contributed by atoms with E-state index in [-0.39, 0.29) is 18.5 Å². The Hall–Kier alpha value is -1.65. The van der Waals surface area contributed by atoms with Crippen molar-refractivity contribution in [1.82, 2.24) is 5.32 Å². The number of hydrogen-bond donors (Lipinski definition) is 1. The number of ether oxygens (including phenoxy) is 1. The number of rotatable bonds is 7. The first-order valence-electron chi connectivity index (χ1n) is 5.12. The average Bonchev–Trinajstić information content (AvgIpc) is 2.22. The van der Waals surface area contributed by atoms with Crippen molar-refractivity contribution in [2.75, 3.05) is 6.61 Å². The highest BCUT2D eigenvalue weighted by Gasteiger charge is 2.08. The molecule has 0 bridgehead atoms. The molecule has 1 amide bonds. The number of amides is 1. The summed E-state index contributed by atoms with van der Waals surface area (Å²) in [5, 5.41) is 2.52. The zero-order valence-corrected chi connectivity index (χ0v) is 9.56. The van der Waals surface area contributed by atoms with Crippen LogP contribution >= 0.6 is 0 Å². The van der Waals surface area contributed by atoms with Crippen molar-refractivity contribution in [2.24, 2.45) is 0 Å². The fourth-order valence-electron chi connectivity index (χ4n) is 1.08. The number of esters is 1. The van der Waals surface area contributed by atoms with Crippen LogP contribution < -0.4 is 5.32 Å². The Bertz CT molecular complexity index is 273. The third kappa shape index (κ3) is 7.73. The lowest BCUT2D eigenvalue weighted by Crippen LogP contribution is -2.35. The molecule has 0 aromatic rings. The molecule has 5 heteroatoms. The predicted molar refractivity (Wildman–Crippen MR) is 58.7 cm³/mol. The minimum absolute atomic E-state index is 0.263. The summed E-state index contributed by atoms with van der Waals surface area (Å²) < 4.78 is 4.71. The van der Waals surface area contributed by atoms with Crippen LogP contribution in [0, 0.1) is 0 Å². The molecule has 0 saturated carbocycles. The van der Waals surface area contributed by atoms with Crippen molar-refractivity contribution >= 4 is 18.2 Å². The lowest BCUT2D eigenvalue weighted by Gasteiger charge is -2.10. The number of carbonyl (C=O) groups is 3. The van der Waals surface area contributed by atoms with Gasteiger partial charge in [0.2, 0.25) is 5.91 Å². The van der Waals surface area contributed by atoms with Crippen molar-refractivity contribution in [3.8, 4) is 0 Å². The lowest BCUT2D eigenvalue weighted by atomic mass is 10.2. The van der Waals surface area contributed by atoms with E-state index in [0.29, 0.717) is 19.1 Å². The van der Waals surface area contributed by atoms with Crippen LogP contribution in [-0.2, 0) is 19.1 Å². The largest absolute Gasteiger partial charge is 0.466 e. The number of hydrogen-bond acceptors (Lipinski definition) is 4. The Balaban J connectivity index is 3.79. The molecule has 0 rings (SSSR count). The van der Waals surface area contributed by atoms with Gasteiger partial charge in [0.15, 0.2) is 0 Å². The molecular weight excluding hydrogens is 210 g/mol. The number of aldehydes is 1. The van der Waals surface area contributed by atoms with E-state index in [0.717, 1.165) is 0 Å². The molecule has 0 aliphatic rings. The molecular formula is C11H17NO4. The van der Waals surface area contributed by atoms with Gasteiger partial charge in [-0.1, -0.05) is 6.08 Å². The second-order valence-corrected chi connectivity index (χ2v) is 3.23. The van der Waals surface area contributed by atoms with E-state index < -0.39 is 6.04 Å². The molecule has 0 heterocycles. The maximum atomic E-state index is 11.1. The topological polar surface area (TPSA) is 72.5 Å². The molecule has 0 radical (unpaired) electrons. The van der Waals surface area contributed by atoms with Gasteiger partial charge >= 0.3 is 5.97 Å². The van der Waals surface area contributed by atoms with Crippen LogP contribution in [0.25, 0.3) is 0 Å². The van der Waals surface area contributed by atoms with Crippen LogP contribution in [0.2, 0.25) is 0 Å². The Kier molecular flexibility index (Phi) is 7.75. The molecule has 0 aromatic carbocycles. The van der Waals surface area contributed by atoms with Crippen LogP contribution in [-0.4, -0.2) is 30.8 Å². The Labute approximate surface area is 94.8 Å². The smallest absolute Gasteiger partial charge is 0.302 e. The molecule has 0 fully saturated rings. The first kappa shape index (κ1) is 14.3. The van der Waals surface area contributed by atoms with Crippen LogP contribution in [0.4, 0.5) is 0 Å². The molecule has 0 aliphatic carbocycles. The number of carbonyl (C=O) groups excluding carboxylic acids is 3. The van der Waals surface area contributed by atoms with Crippen LogP contribution in [0.1, 0.15) is 26.7 Å². The summed E-state index contributed by atoms with van der Waals surface area (Å²) >= 11 is 0. The summed E-state index contributed by atoms with van der Waals surface area (Å²) in [5.74, 6) is -0.646. The fraction of sp³-hybridized carbons (Fsp3) is 0.545. The standard InChI is InChI=1S/C11H17NO4/c1-3-5-11(15)12-10(8-13)6-4-7-16-9(2)14/h3,5,8,10H,4,6-7H2,1-2H3,(H,12,15). The molecule has 0 saturated heterocycles. The van der Waals surface area contributed by atoms with Crippen molar-refractivity contribution in [3.05, 3.63) is 12.2 Å². The van der Waals surface area contributed by atoms with Crippen LogP contribution in [0.5, 0.6) is 0 Å². The maximum absolute atomic E-state index is 11.1. The molecule has 16 heavy (non-hydrogen) atoms. The highest BCUT2D eigenvalue weighted by atomic mass is 16.5. The molecule has 1 unspecified atom stereocenters. The van der Waals surface area contributed by atoms with Crippen molar-refractivity contribution in [1.29, 1.82) is 0 Å². The van der Waals surface area contributed by atoms with E-state index in [4.69, 9.17) is 4.74 Å². The minimum Gasteiger partial charge on any atom is -0.466 e. The van der Waals surface area contributed by atoms with Crippen molar-refractivity contribution in [2.45, 2.75) is 32.7 Å². The van der Waals surface area contributed by atoms with E-state index in [1.54, 1.807) is 13.0 Å². The molecule has 5 nitrogen and oxygen atoms in total. The third-order valence-corrected chi connectivity index (χ3v) is 1.77. The molecule has 0 aliphatic heterocycles. The quantitative estimate of drug-likeness (QED) is 0.299. The summed E-state index contributed by atoms with van der Waals surface area (Å²) in [6, 6.07) is -0.528. The fourth-order valence-corrected chi connectivity index (χ4v) is 1.08. The average molecular weight is 227 g/mol. The van der Waals surface area contributed by atoms with Gasteiger partial charge in [-0.05, 0) is 25.8 Å². The van der Waals surface area contributed by atoms with E-state index in [2.05, 4.69) is 5.32 Å². The molecule has 90 valence electrons. The minimum atomic E-state index is -0.528. The number of allylic oxidation sites excluding steroid dienone is 1.